The summed E-state index contributed by atoms with van der Waals surface area (Å²) in [6, 6.07) is 10.3. The minimum absolute atomic E-state index is 0.148. The van der Waals surface area contributed by atoms with Gasteiger partial charge in [-0.25, -0.2) is 9.97 Å². The van der Waals surface area contributed by atoms with Gasteiger partial charge in [0.25, 0.3) is 0 Å². The van der Waals surface area contributed by atoms with Crippen LogP contribution in [0.25, 0.3) is 22.2 Å². The van der Waals surface area contributed by atoms with Crippen molar-refractivity contribution < 1.29 is 37.3 Å². The number of nitrogens with zero attached hydrogens (tertiary/aromatic N) is 2. The summed E-state index contributed by atoms with van der Waals surface area (Å²) in [6.07, 6.45) is -0.127. The van der Waals surface area contributed by atoms with Crippen molar-refractivity contribution in [1.29, 1.82) is 0 Å². The first-order valence-electron chi connectivity index (χ1n) is 8.61. The van der Waals surface area contributed by atoms with Gasteiger partial charge in [-0.2, -0.15) is 0 Å². The lowest BCUT2D eigenvalue weighted by Gasteiger charge is -1.95. The van der Waals surface area contributed by atoms with Gasteiger partial charge in [0, 0.05) is 0 Å². The average molecular weight is 415 g/mol. The molecule has 0 aliphatic rings. The zero-order chi connectivity index (χ0) is 21.7. The molecule has 0 unspecified atom stereocenters. The maximum Gasteiger partial charge on any atom is 0.577 e. The standard InChI is InChI=1S/C19H14N2O6.BF2/c22-16(23)7-10-3-1-5-12-18(10)20-14(26-12)9-15-21-19-11(8-17(24)25)4-2-6-13(19)27-15;2-1-3/h1-6H,7-9H2,(H,22,23)(H,24,25);. The highest BCUT2D eigenvalue weighted by Crippen LogP contribution is 2.24. The van der Waals surface area contributed by atoms with Gasteiger partial charge in [0.2, 0.25) is 11.8 Å². The zero-order valence-electron chi connectivity index (χ0n) is 15.3. The first kappa shape index (κ1) is 21.0. The maximum atomic E-state index is 11.0. The number of carboxylic acid groups (broad SMARTS) is 2. The van der Waals surface area contributed by atoms with E-state index in [0.29, 0.717) is 45.1 Å². The second-order valence-corrected chi connectivity index (χ2v) is 6.14. The molecule has 4 aromatic rings. The summed E-state index contributed by atoms with van der Waals surface area (Å²) in [7, 11) is -1.00. The van der Waals surface area contributed by atoms with Crippen molar-refractivity contribution in [3.8, 4) is 0 Å². The second-order valence-electron chi connectivity index (χ2n) is 6.14. The van der Waals surface area contributed by atoms with E-state index in [1.54, 1.807) is 36.4 Å². The lowest BCUT2D eigenvalue weighted by Crippen LogP contribution is -2.00. The lowest BCUT2D eigenvalue weighted by atomic mass is 10.1. The monoisotopic (exact) mass is 415 g/mol. The fraction of sp³-hybridized carbons (Fsp3) is 0.158. The van der Waals surface area contributed by atoms with Gasteiger partial charge in [0.1, 0.15) is 17.5 Å². The molecule has 0 saturated heterocycles. The highest BCUT2D eigenvalue weighted by Gasteiger charge is 2.16. The third-order valence-corrected chi connectivity index (χ3v) is 4.08. The summed E-state index contributed by atoms with van der Waals surface area (Å²) in [6.45, 7) is 0. The Morgan fingerprint density at radius 3 is 1.60 bits per heavy atom. The van der Waals surface area contributed by atoms with Gasteiger partial charge in [-0.3, -0.25) is 18.2 Å². The van der Waals surface area contributed by atoms with Crippen LogP contribution < -0.4 is 0 Å². The number of hydrogen-bond donors (Lipinski definition) is 2. The van der Waals surface area contributed by atoms with Gasteiger partial charge in [-0.05, 0) is 23.3 Å². The van der Waals surface area contributed by atoms with Crippen molar-refractivity contribution >= 4 is 42.0 Å². The Bertz CT molecular complexity index is 1110. The van der Waals surface area contributed by atoms with E-state index in [-0.39, 0.29) is 19.3 Å². The smallest absolute Gasteiger partial charge is 0.481 e. The molecule has 2 aromatic heterocycles. The molecule has 11 heteroatoms. The lowest BCUT2D eigenvalue weighted by molar-refractivity contribution is -0.137. The molecule has 0 bridgehead atoms. The van der Waals surface area contributed by atoms with Crippen molar-refractivity contribution in [3.05, 3.63) is 59.3 Å². The predicted octanol–water partition coefficient (Wildman–Crippen LogP) is 3.27. The Hall–Kier alpha value is -3.76. The van der Waals surface area contributed by atoms with Gasteiger partial charge in [0.05, 0.1) is 12.8 Å². The van der Waals surface area contributed by atoms with E-state index in [1.807, 2.05) is 0 Å². The molecule has 0 atom stereocenters. The Labute approximate surface area is 168 Å². The van der Waals surface area contributed by atoms with Crippen LogP contribution in [-0.2, 0) is 28.9 Å². The molecule has 2 N–H and O–H groups in total. The summed E-state index contributed by atoms with van der Waals surface area (Å²) >= 11 is 0. The summed E-state index contributed by atoms with van der Waals surface area (Å²) < 4.78 is 30.4. The zero-order valence-corrected chi connectivity index (χ0v) is 15.3. The number of benzene rings is 2. The fourth-order valence-corrected chi connectivity index (χ4v) is 2.99. The van der Waals surface area contributed by atoms with Crippen LogP contribution in [0.3, 0.4) is 0 Å². The number of halogens is 2. The number of hydrogen-bond acceptors (Lipinski definition) is 6. The van der Waals surface area contributed by atoms with Gasteiger partial charge in [0.15, 0.2) is 11.2 Å². The van der Waals surface area contributed by atoms with E-state index in [1.165, 1.54) is 0 Å². The first-order valence-corrected chi connectivity index (χ1v) is 8.61. The maximum absolute atomic E-state index is 11.0. The molecule has 4 rings (SSSR count). The normalized spacial score (nSPS) is 10.6. The van der Waals surface area contributed by atoms with Gasteiger partial charge in [-0.1, -0.05) is 24.3 Å². The van der Waals surface area contributed by atoms with E-state index in [2.05, 4.69) is 9.97 Å². The SMILES string of the molecule is F[B]F.O=C(O)Cc1cccc2oc(Cc3nc4c(CC(=O)O)cccc4o3)nc12. The number of rotatable bonds is 6. The molecule has 2 aromatic carbocycles. The van der Waals surface area contributed by atoms with Gasteiger partial charge >= 0.3 is 19.8 Å². The van der Waals surface area contributed by atoms with E-state index in [4.69, 9.17) is 19.0 Å². The highest BCUT2D eigenvalue weighted by molar-refractivity contribution is 6.15. The molecule has 0 aliphatic heterocycles. The molecule has 0 amide bonds. The largest absolute Gasteiger partial charge is 0.577 e. The number of aliphatic carboxylic acids is 2. The topological polar surface area (TPSA) is 127 Å². The van der Waals surface area contributed by atoms with Crippen LogP contribution in [0.5, 0.6) is 0 Å². The van der Waals surface area contributed by atoms with Crippen molar-refractivity contribution in [2.45, 2.75) is 19.3 Å². The van der Waals surface area contributed by atoms with Crippen LogP contribution in [0.2, 0.25) is 0 Å². The number of para-hydroxylation sites is 2. The van der Waals surface area contributed by atoms with Crippen LogP contribution in [0.4, 0.5) is 8.63 Å². The average Bonchev–Trinajstić information content (AvgIpc) is 3.26. The summed E-state index contributed by atoms with van der Waals surface area (Å²) in [4.78, 5) is 30.7. The second kappa shape index (κ2) is 9.16. The van der Waals surface area contributed by atoms with Gasteiger partial charge < -0.3 is 19.0 Å². The van der Waals surface area contributed by atoms with Crippen molar-refractivity contribution in [1.82, 2.24) is 9.97 Å². The molecule has 0 fully saturated rings. The van der Waals surface area contributed by atoms with Crippen LogP contribution in [0, 0.1) is 0 Å². The quantitative estimate of drug-likeness (QED) is 0.460. The predicted molar refractivity (Wildman–Crippen MR) is 101 cm³/mol. The number of aromatic nitrogens is 2. The first-order chi connectivity index (χ1) is 14.4. The molecular weight excluding hydrogens is 401 g/mol. The molecular formula is C19H14BF2N2O6. The van der Waals surface area contributed by atoms with E-state index in [9.17, 15) is 18.2 Å². The number of fused-ring (bicyclic) bond motifs is 2. The Kier molecular flexibility index (Phi) is 6.40. The third kappa shape index (κ3) is 4.80. The third-order valence-electron chi connectivity index (χ3n) is 4.08. The van der Waals surface area contributed by atoms with E-state index >= 15 is 0 Å². The van der Waals surface area contributed by atoms with Crippen molar-refractivity contribution in [2.24, 2.45) is 0 Å². The van der Waals surface area contributed by atoms with Crippen molar-refractivity contribution in [3.63, 3.8) is 0 Å². The molecule has 30 heavy (non-hydrogen) atoms. The minimum Gasteiger partial charge on any atom is -0.481 e. The molecule has 153 valence electrons. The summed E-state index contributed by atoms with van der Waals surface area (Å²) in [5, 5.41) is 18.0. The molecule has 1 radical (unpaired) electrons. The molecule has 0 aliphatic carbocycles. The number of carboxylic acids is 2. The summed E-state index contributed by atoms with van der Waals surface area (Å²) in [5.74, 6) is -1.21. The number of oxazole rings is 2. The van der Waals surface area contributed by atoms with E-state index < -0.39 is 19.8 Å². The van der Waals surface area contributed by atoms with Crippen LogP contribution in [-0.4, -0.2) is 40.0 Å². The number of carbonyl (C=O) groups is 2. The molecule has 8 nitrogen and oxygen atoms in total. The molecule has 0 spiro atoms. The Balaban J connectivity index is 0.000000806. The van der Waals surface area contributed by atoms with Gasteiger partial charge in [-0.15, -0.1) is 0 Å². The molecule has 2 heterocycles. The molecule has 0 saturated carbocycles. The van der Waals surface area contributed by atoms with Crippen LogP contribution in [0.1, 0.15) is 22.9 Å². The van der Waals surface area contributed by atoms with Crippen LogP contribution >= 0.6 is 0 Å². The fourth-order valence-electron chi connectivity index (χ4n) is 2.99. The Morgan fingerprint density at radius 2 is 1.23 bits per heavy atom. The minimum atomic E-state index is -1.00. The van der Waals surface area contributed by atoms with E-state index in [0.717, 1.165) is 0 Å². The summed E-state index contributed by atoms with van der Waals surface area (Å²) in [5.41, 5.74) is 3.11. The van der Waals surface area contributed by atoms with Crippen LogP contribution in [0.15, 0.2) is 45.2 Å². The Morgan fingerprint density at radius 1 is 0.833 bits per heavy atom. The highest BCUT2D eigenvalue weighted by atomic mass is 19.2. The van der Waals surface area contributed by atoms with Crippen molar-refractivity contribution in [2.75, 3.05) is 0 Å².